The van der Waals surface area contributed by atoms with Crippen LogP contribution in [0.5, 0.6) is 0 Å². The lowest BCUT2D eigenvalue weighted by molar-refractivity contribution is 0.177. The van der Waals surface area contributed by atoms with E-state index in [2.05, 4.69) is 24.0 Å². The molecule has 1 aliphatic heterocycles. The summed E-state index contributed by atoms with van der Waals surface area (Å²) in [4.78, 5) is 2.57. The molecule has 2 aromatic carbocycles. The lowest BCUT2D eigenvalue weighted by Gasteiger charge is -2.33. The summed E-state index contributed by atoms with van der Waals surface area (Å²) in [6.45, 7) is 5.70. The Bertz CT molecular complexity index is 630. The van der Waals surface area contributed by atoms with Gasteiger partial charge in [-0.1, -0.05) is 42.8 Å². The number of hydrogen-bond acceptors (Lipinski definition) is 1. The van der Waals surface area contributed by atoms with E-state index in [0.29, 0.717) is 5.92 Å². The van der Waals surface area contributed by atoms with Gasteiger partial charge >= 0.3 is 0 Å². The van der Waals surface area contributed by atoms with Gasteiger partial charge in [-0.2, -0.15) is 0 Å². The average Bonchev–Trinajstić information content (AvgIpc) is 2.59. The van der Waals surface area contributed by atoms with Crippen LogP contribution in [0.4, 0.5) is 4.39 Å². The number of benzene rings is 2. The Morgan fingerprint density at radius 1 is 1.04 bits per heavy atom. The number of nitrogens with zero attached hydrogens (tertiary/aromatic N) is 1. The van der Waals surface area contributed by atoms with Gasteiger partial charge in [-0.05, 0) is 79.6 Å². The van der Waals surface area contributed by atoms with Crippen LogP contribution in [0.25, 0.3) is 0 Å². The summed E-state index contributed by atoms with van der Waals surface area (Å²) in [6, 6.07) is 15.2. The van der Waals surface area contributed by atoms with Crippen LogP contribution in [-0.4, -0.2) is 24.5 Å². The van der Waals surface area contributed by atoms with Gasteiger partial charge in [0.25, 0.3) is 0 Å². The second-order valence-electron chi connectivity index (χ2n) is 7.03. The fourth-order valence-corrected chi connectivity index (χ4v) is 3.74. The van der Waals surface area contributed by atoms with Crippen molar-refractivity contribution in [1.82, 2.24) is 4.90 Å². The second kappa shape index (κ2) is 8.13. The third-order valence-electron chi connectivity index (χ3n) is 5.12. The van der Waals surface area contributed by atoms with Crippen LogP contribution in [0, 0.1) is 11.7 Å². The smallest absolute Gasteiger partial charge is 0.123 e. The predicted molar refractivity (Wildman–Crippen MR) is 99.1 cm³/mol. The molecule has 1 saturated heterocycles. The SMILES string of the molecule is CC(CN1CCC(Cc2ccc(F)cc2)CC1)c1ccc(Cl)cc1. The Labute approximate surface area is 149 Å². The summed E-state index contributed by atoms with van der Waals surface area (Å²) >= 11 is 5.97. The molecule has 0 amide bonds. The molecule has 1 aliphatic rings. The molecule has 3 heteroatoms. The van der Waals surface area contributed by atoms with E-state index in [1.54, 1.807) is 12.1 Å². The molecule has 1 heterocycles. The number of likely N-dealkylation sites (tertiary alicyclic amines) is 1. The molecule has 0 aromatic heterocycles. The minimum Gasteiger partial charge on any atom is -0.303 e. The summed E-state index contributed by atoms with van der Waals surface area (Å²) in [7, 11) is 0. The lowest BCUT2D eigenvalue weighted by Crippen LogP contribution is -2.36. The molecule has 1 nitrogen and oxygen atoms in total. The highest BCUT2D eigenvalue weighted by Crippen LogP contribution is 2.25. The Morgan fingerprint density at radius 3 is 2.29 bits per heavy atom. The van der Waals surface area contributed by atoms with Gasteiger partial charge in [-0.3, -0.25) is 0 Å². The summed E-state index contributed by atoms with van der Waals surface area (Å²) in [6.07, 6.45) is 3.52. The maximum absolute atomic E-state index is 13.0. The summed E-state index contributed by atoms with van der Waals surface area (Å²) in [5, 5.41) is 0.799. The first-order valence-corrected chi connectivity index (χ1v) is 9.20. The van der Waals surface area contributed by atoms with E-state index >= 15 is 0 Å². The van der Waals surface area contributed by atoms with Crippen LogP contribution < -0.4 is 0 Å². The number of hydrogen-bond donors (Lipinski definition) is 0. The van der Waals surface area contributed by atoms with Gasteiger partial charge in [-0.15, -0.1) is 0 Å². The molecule has 0 radical (unpaired) electrons. The van der Waals surface area contributed by atoms with E-state index in [-0.39, 0.29) is 5.82 Å². The van der Waals surface area contributed by atoms with Gasteiger partial charge in [0.15, 0.2) is 0 Å². The Morgan fingerprint density at radius 2 is 1.67 bits per heavy atom. The Balaban J connectivity index is 1.46. The molecule has 0 saturated carbocycles. The molecule has 24 heavy (non-hydrogen) atoms. The van der Waals surface area contributed by atoms with E-state index in [9.17, 15) is 4.39 Å². The molecular formula is C21H25ClFN. The van der Waals surface area contributed by atoms with E-state index in [1.165, 1.54) is 24.0 Å². The normalized spacial score (nSPS) is 17.8. The summed E-state index contributed by atoms with van der Waals surface area (Å²) in [5.74, 6) is 1.10. The monoisotopic (exact) mass is 345 g/mol. The van der Waals surface area contributed by atoms with Gasteiger partial charge < -0.3 is 4.90 Å². The Hall–Kier alpha value is -1.38. The standard InChI is InChI=1S/C21H25ClFN/c1-16(19-4-6-20(22)7-5-19)15-24-12-10-18(11-13-24)14-17-2-8-21(23)9-3-17/h2-9,16,18H,10-15H2,1H3. The minimum atomic E-state index is -0.148. The van der Waals surface area contributed by atoms with Crippen molar-refractivity contribution in [3.05, 3.63) is 70.5 Å². The molecule has 0 aliphatic carbocycles. The van der Waals surface area contributed by atoms with Crippen LogP contribution in [0.1, 0.15) is 36.8 Å². The highest BCUT2D eigenvalue weighted by Gasteiger charge is 2.21. The van der Waals surface area contributed by atoms with Gasteiger partial charge in [-0.25, -0.2) is 4.39 Å². The van der Waals surface area contributed by atoms with Crippen molar-refractivity contribution < 1.29 is 4.39 Å². The van der Waals surface area contributed by atoms with Crippen molar-refractivity contribution in [2.45, 2.75) is 32.1 Å². The van der Waals surface area contributed by atoms with Crippen molar-refractivity contribution in [3.63, 3.8) is 0 Å². The van der Waals surface area contributed by atoms with Crippen molar-refractivity contribution in [2.24, 2.45) is 5.92 Å². The van der Waals surface area contributed by atoms with Crippen LogP contribution in [0.2, 0.25) is 5.02 Å². The van der Waals surface area contributed by atoms with E-state index in [0.717, 1.165) is 37.0 Å². The summed E-state index contributed by atoms with van der Waals surface area (Å²) < 4.78 is 13.0. The third kappa shape index (κ3) is 4.81. The van der Waals surface area contributed by atoms with E-state index in [1.807, 2.05) is 24.3 Å². The van der Waals surface area contributed by atoms with Crippen molar-refractivity contribution in [3.8, 4) is 0 Å². The summed E-state index contributed by atoms with van der Waals surface area (Å²) in [5.41, 5.74) is 2.61. The number of halogens is 2. The second-order valence-corrected chi connectivity index (χ2v) is 7.46. The fourth-order valence-electron chi connectivity index (χ4n) is 3.61. The van der Waals surface area contributed by atoms with Gasteiger partial charge in [0.2, 0.25) is 0 Å². The maximum atomic E-state index is 13.0. The highest BCUT2D eigenvalue weighted by atomic mass is 35.5. The molecule has 0 N–H and O–H groups in total. The first-order valence-electron chi connectivity index (χ1n) is 8.82. The van der Waals surface area contributed by atoms with Crippen LogP contribution in [0.3, 0.4) is 0 Å². The average molecular weight is 346 g/mol. The van der Waals surface area contributed by atoms with Crippen molar-refractivity contribution in [1.29, 1.82) is 0 Å². The lowest BCUT2D eigenvalue weighted by atomic mass is 9.89. The maximum Gasteiger partial charge on any atom is 0.123 e. The van der Waals surface area contributed by atoms with Gasteiger partial charge in [0, 0.05) is 11.6 Å². The zero-order valence-electron chi connectivity index (χ0n) is 14.2. The van der Waals surface area contributed by atoms with Crippen molar-refractivity contribution in [2.75, 3.05) is 19.6 Å². The number of rotatable bonds is 5. The number of piperidine rings is 1. The first kappa shape index (κ1) is 17.4. The predicted octanol–water partition coefficient (Wildman–Crippen LogP) is 5.54. The molecule has 0 bridgehead atoms. The molecule has 2 aromatic rings. The zero-order valence-corrected chi connectivity index (χ0v) is 15.0. The van der Waals surface area contributed by atoms with Crippen LogP contribution >= 0.6 is 11.6 Å². The third-order valence-corrected chi connectivity index (χ3v) is 5.37. The van der Waals surface area contributed by atoms with Crippen LogP contribution in [0.15, 0.2) is 48.5 Å². The topological polar surface area (TPSA) is 3.24 Å². The molecule has 1 fully saturated rings. The van der Waals surface area contributed by atoms with Gasteiger partial charge in [0.1, 0.15) is 5.82 Å². The quantitative estimate of drug-likeness (QED) is 0.688. The zero-order chi connectivity index (χ0) is 16.9. The molecule has 128 valence electrons. The molecule has 1 unspecified atom stereocenters. The van der Waals surface area contributed by atoms with Crippen molar-refractivity contribution >= 4 is 11.6 Å². The first-order chi connectivity index (χ1) is 11.6. The van der Waals surface area contributed by atoms with E-state index in [4.69, 9.17) is 11.6 Å². The van der Waals surface area contributed by atoms with E-state index < -0.39 is 0 Å². The van der Waals surface area contributed by atoms with Crippen LogP contribution in [-0.2, 0) is 6.42 Å². The fraction of sp³-hybridized carbons (Fsp3) is 0.429. The van der Waals surface area contributed by atoms with Gasteiger partial charge in [0.05, 0.1) is 0 Å². The molecule has 0 spiro atoms. The Kier molecular flexibility index (Phi) is 5.91. The highest BCUT2D eigenvalue weighted by molar-refractivity contribution is 6.30. The molecular weight excluding hydrogens is 321 g/mol. The molecule has 1 atom stereocenters. The minimum absolute atomic E-state index is 0.148. The largest absolute Gasteiger partial charge is 0.303 e. The molecule has 3 rings (SSSR count).